The smallest absolute Gasteiger partial charge is 0.0431 e. The fraction of sp³-hybridized carbons (Fsp3) is 1.00. The maximum atomic E-state index is 8.69. The van der Waals surface area contributed by atoms with Crippen LogP contribution in [-0.2, 0) is 0 Å². The van der Waals surface area contributed by atoms with Gasteiger partial charge in [0.1, 0.15) is 0 Å². The van der Waals surface area contributed by atoms with Crippen molar-refractivity contribution in [2.45, 2.75) is 30.4 Å². The summed E-state index contributed by atoms with van der Waals surface area (Å²) in [5.74, 6) is 1.25. The van der Waals surface area contributed by atoms with E-state index in [1.807, 2.05) is 11.8 Å². The summed E-state index contributed by atoms with van der Waals surface area (Å²) < 4.78 is 0.322. The number of hydrogen-bond donors (Lipinski definition) is 2. The number of aliphatic hydroxyl groups excluding tert-OH is 1. The molecule has 0 radical (unpaired) electrons. The highest BCUT2D eigenvalue weighted by Crippen LogP contribution is 2.40. The lowest BCUT2D eigenvalue weighted by Crippen LogP contribution is -2.31. The normalized spacial score (nSPS) is 31.1. The van der Waals surface area contributed by atoms with E-state index in [-0.39, 0.29) is 0 Å². The van der Waals surface area contributed by atoms with Crippen molar-refractivity contribution in [3.05, 3.63) is 0 Å². The van der Waals surface area contributed by atoms with E-state index in [1.165, 1.54) is 18.6 Å². The molecule has 1 aliphatic heterocycles. The van der Waals surface area contributed by atoms with Crippen molar-refractivity contribution >= 4 is 11.8 Å². The number of rotatable bonds is 4. The van der Waals surface area contributed by atoms with Crippen LogP contribution in [0.5, 0.6) is 0 Å². The van der Waals surface area contributed by atoms with Crippen LogP contribution in [0.25, 0.3) is 0 Å². The molecular weight excluding hydrogens is 158 g/mol. The third-order valence-corrected chi connectivity index (χ3v) is 4.03. The van der Waals surface area contributed by atoms with Gasteiger partial charge < -0.3 is 10.8 Å². The van der Waals surface area contributed by atoms with Crippen LogP contribution in [0.2, 0.25) is 0 Å². The molecule has 1 saturated heterocycles. The summed E-state index contributed by atoms with van der Waals surface area (Å²) in [7, 11) is 0. The Morgan fingerprint density at radius 1 is 1.55 bits per heavy atom. The van der Waals surface area contributed by atoms with E-state index in [9.17, 15) is 0 Å². The first-order valence-electron chi connectivity index (χ1n) is 4.28. The van der Waals surface area contributed by atoms with Crippen molar-refractivity contribution in [1.29, 1.82) is 0 Å². The molecule has 0 aromatic heterocycles. The summed E-state index contributed by atoms with van der Waals surface area (Å²) in [5.41, 5.74) is 5.71. The maximum Gasteiger partial charge on any atom is 0.0431 e. The maximum absolute atomic E-state index is 8.69. The summed E-state index contributed by atoms with van der Waals surface area (Å²) in [6, 6.07) is 0. The zero-order valence-corrected chi connectivity index (χ0v) is 7.70. The Labute approximate surface area is 72.5 Å². The van der Waals surface area contributed by atoms with Gasteiger partial charge in [0, 0.05) is 17.9 Å². The molecule has 0 aromatic carbocycles. The lowest BCUT2D eigenvalue weighted by molar-refractivity contribution is 0.276. The largest absolute Gasteiger partial charge is 0.396 e. The summed E-state index contributed by atoms with van der Waals surface area (Å²) in [6.07, 6.45) is 4.54. The van der Waals surface area contributed by atoms with Gasteiger partial charge >= 0.3 is 0 Å². The number of nitrogens with two attached hydrogens (primary N) is 1. The molecule has 3 N–H and O–H groups in total. The predicted octanol–water partition coefficient (Wildman–Crippen LogP) is 0.983. The Balaban J connectivity index is 2.33. The molecule has 0 spiro atoms. The van der Waals surface area contributed by atoms with Crippen LogP contribution in [0.4, 0.5) is 0 Å². The van der Waals surface area contributed by atoms with Gasteiger partial charge in [0.15, 0.2) is 0 Å². The Bertz CT molecular complexity index is 113. The summed E-state index contributed by atoms with van der Waals surface area (Å²) in [4.78, 5) is 0. The molecule has 0 aliphatic carbocycles. The van der Waals surface area contributed by atoms with Gasteiger partial charge in [-0.25, -0.2) is 0 Å². The standard InChI is InChI=1S/C8H17NOS/c9-7-8(3-1-5-10)4-2-6-11-8/h10H,1-7,9H2. The van der Waals surface area contributed by atoms with E-state index >= 15 is 0 Å². The molecule has 66 valence electrons. The van der Waals surface area contributed by atoms with E-state index in [4.69, 9.17) is 10.8 Å². The van der Waals surface area contributed by atoms with E-state index in [0.29, 0.717) is 11.4 Å². The minimum atomic E-state index is 0.308. The number of hydrogen-bond acceptors (Lipinski definition) is 3. The Kier molecular flexibility index (Phi) is 3.69. The minimum Gasteiger partial charge on any atom is -0.396 e. The zero-order chi connectivity index (χ0) is 8.16. The molecule has 1 unspecified atom stereocenters. The zero-order valence-electron chi connectivity index (χ0n) is 6.88. The molecule has 3 heteroatoms. The molecule has 0 bridgehead atoms. The fourth-order valence-electron chi connectivity index (χ4n) is 1.62. The first-order valence-corrected chi connectivity index (χ1v) is 5.26. The van der Waals surface area contributed by atoms with Gasteiger partial charge in [-0.3, -0.25) is 0 Å². The van der Waals surface area contributed by atoms with E-state index < -0.39 is 0 Å². The highest BCUT2D eigenvalue weighted by atomic mass is 32.2. The first kappa shape index (κ1) is 9.36. The Morgan fingerprint density at radius 3 is 2.82 bits per heavy atom. The van der Waals surface area contributed by atoms with Crippen LogP contribution in [-0.4, -0.2) is 28.8 Å². The summed E-state index contributed by atoms with van der Waals surface area (Å²) >= 11 is 1.99. The summed E-state index contributed by atoms with van der Waals surface area (Å²) in [5, 5.41) is 8.69. The Morgan fingerprint density at radius 2 is 2.36 bits per heavy atom. The third-order valence-electron chi connectivity index (χ3n) is 2.35. The molecule has 1 heterocycles. The van der Waals surface area contributed by atoms with Crippen molar-refractivity contribution in [3.63, 3.8) is 0 Å². The van der Waals surface area contributed by atoms with Crippen molar-refractivity contribution < 1.29 is 5.11 Å². The molecule has 0 aromatic rings. The second-order valence-electron chi connectivity index (χ2n) is 3.17. The van der Waals surface area contributed by atoms with Gasteiger partial charge in [0.2, 0.25) is 0 Å². The molecule has 11 heavy (non-hydrogen) atoms. The highest BCUT2D eigenvalue weighted by Gasteiger charge is 2.32. The molecule has 1 fully saturated rings. The quantitative estimate of drug-likeness (QED) is 0.669. The SMILES string of the molecule is NCC1(CCCO)CCCS1. The Hall–Kier alpha value is 0.270. The van der Waals surface area contributed by atoms with Crippen LogP contribution in [0.3, 0.4) is 0 Å². The van der Waals surface area contributed by atoms with Crippen molar-refractivity contribution in [1.82, 2.24) is 0 Å². The van der Waals surface area contributed by atoms with Gasteiger partial charge in [-0.05, 0) is 31.4 Å². The van der Waals surface area contributed by atoms with Crippen LogP contribution in [0.15, 0.2) is 0 Å². The fourth-order valence-corrected chi connectivity index (χ4v) is 3.03. The average Bonchev–Trinajstić information content (AvgIpc) is 2.50. The van der Waals surface area contributed by atoms with Crippen LogP contribution >= 0.6 is 11.8 Å². The van der Waals surface area contributed by atoms with E-state index in [0.717, 1.165) is 19.4 Å². The van der Waals surface area contributed by atoms with Crippen LogP contribution in [0, 0.1) is 0 Å². The van der Waals surface area contributed by atoms with E-state index in [2.05, 4.69) is 0 Å². The lowest BCUT2D eigenvalue weighted by atomic mass is 9.98. The molecule has 0 saturated carbocycles. The predicted molar refractivity (Wildman–Crippen MR) is 49.8 cm³/mol. The second-order valence-corrected chi connectivity index (χ2v) is 4.73. The lowest BCUT2D eigenvalue weighted by Gasteiger charge is -2.25. The van der Waals surface area contributed by atoms with Gasteiger partial charge in [0.25, 0.3) is 0 Å². The van der Waals surface area contributed by atoms with Crippen LogP contribution < -0.4 is 5.73 Å². The van der Waals surface area contributed by atoms with Crippen LogP contribution in [0.1, 0.15) is 25.7 Å². The van der Waals surface area contributed by atoms with Gasteiger partial charge in [-0.1, -0.05) is 0 Å². The molecular formula is C8H17NOS. The average molecular weight is 175 g/mol. The van der Waals surface area contributed by atoms with Gasteiger partial charge in [-0.2, -0.15) is 11.8 Å². The third kappa shape index (κ3) is 2.36. The second kappa shape index (κ2) is 4.33. The molecule has 1 rings (SSSR count). The molecule has 2 nitrogen and oxygen atoms in total. The van der Waals surface area contributed by atoms with Crippen molar-refractivity contribution in [2.24, 2.45) is 5.73 Å². The van der Waals surface area contributed by atoms with Crippen molar-refractivity contribution in [2.75, 3.05) is 18.9 Å². The molecule has 1 atom stereocenters. The number of thioether (sulfide) groups is 1. The molecule has 1 aliphatic rings. The first-order chi connectivity index (χ1) is 5.33. The highest BCUT2D eigenvalue weighted by molar-refractivity contribution is 8.00. The van der Waals surface area contributed by atoms with Crippen molar-refractivity contribution in [3.8, 4) is 0 Å². The molecule has 0 amide bonds. The topological polar surface area (TPSA) is 46.2 Å². The minimum absolute atomic E-state index is 0.308. The van der Waals surface area contributed by atoms with Gasteiger partial charge in [0.05, 0.1) is 0 Å². The van der Waals surface area contributed by atoms with E-state index in [1.54, 1.807) is 0 Å². The summed E-state index contributed by atoms with van der Waals surface area (Å²) in [6.45, 7) is 1.08. The number of aliphatic hydroxyl groups is 1. The monoisotopic (exact) mass is 175 g/mol. The van der Waals surface area contributed by atoms with Gasteiger partial charge in [-0.15, -0.1) is 0 Å².